The first-order valence-corrected chi connectivity index (χ1v) is 10.1. The van der Waals surface area contributed by atoms with Crippen molar-refractivity contribution in [1.82, 2.24) is 9.97 Å². The molecule has 0 radical (unpaired) electrons. The summed E-state index contributed by atoms with van der Waals surface area (Å²) in [6.07, 6.45) is 2.60. The van der Waals surface area contributed by atoms with Crippen LogP contribution in [0.1, 0.15) is 49.2 Å². The Bertz CT molecular complexity index is 934. The third kappa shape index (κ3) is 4.09. The number of benzene rings is 1. The van der Waals surface area contributed by atoms with Crippen LogP contribution in [0.15, 0.2) is 30.3 Å². The zero-order valence-electron chi connectivity index (χ0n) is 16.9. The van der Waals surface area contributed by atoms with E-state index in [0.717, 1.165) is 17.8 Å². The van der Waals surface area contributed by atoms with E-state index >= 15 is 0 Å². The van der Waals surface area contributed by atoms with Gasteiger partial charge < -0.3 is 16.0 Å². The Hall–Kier alpha value is -2.96. The first kappa shape index (κ1) is 19.4. The molecule has 29 heavy (non-hydrogen) atoms. The summed E-state index contributed by atoms with van der Waals surface area (Å²) in [5.41, 5.74) is 7.61. The molecule has 0 unspecified atom stereocenters. The van der Waals surface area contributed by atoms with Gasteiger partial charge in [0.2, 0.25) is 11.9 Å². The summed E-state index contributed by atoms with van der Waals surface area (Å²) in [4.78, 5) is 36.0. The summed E-state index contributed by atoms with van der Waals surface area (Å²) in [7, 11) is 0. The fourth-order valence-electron chi connectivity index (χ4n) is 4.21. The summed E-state index contributed by atoms with van der Waals surface area (Å²) in [6.45, 7) is 5.54. The fraction of sp³-hybridized carbons (Fsp3) is 0.455. The van der Waals surface area contributed by atoms with E-state index in [1.165, 1.54) is 0 Å². The quantitative estimate of drug-likeness (QED) is 0.828. The molecule has 1 aromatic carbocycles. The highest BCUT2D eigenvalue weighted by atomic mass is 16.1. The van der Waals surface area contributed by atoms with Gasteiger partial charge in [-0.2, -0.15) is 4.98 Å². The van der Waals surface area contributed by atoms with E-state index in [1.54, 1.807) is 0 Å². The number of primary amides is 1. The summed E-state index contributed by atoms with van der Waals surface area (Å²) in [5, 5.41) is 3.32. The molecule has 1 amide bonds. The van der Waals surface area contributed by atoms with Gasteiger partial charge in [0.15, 0.2) is 5.78 Å². The molecule has 2 aliphatic rings. The van der Waals surface area contributed by atoms with Crippen LogP contribution >= 0.6 is 0 Å². The van der Waals surface area contributed by atoms with Gasteiger partial charge in [-0.15, -0.1) is 0 Å². The highest BCUT2D eigenvalue weighted by Gasteiger charge is 2.36. The normalized spacial score (nSPS) is 19.0. The van der Waals surface area contributed by atoms with Crippen molar-refractivity contribution in [3.8, 4) is 0 Å². The molecule has 1 saturated heterocycles. The molecular formula is C22H27N5O2. The van der Waals surface area contributed by atoms with E-state index in [9.17, 15) is 9.59 Å². The average Bonchev–Trinajstić information content (AvgIpc) is 2.67. The molecule has 4 rings (SSSR count). The van der Waals surface area contributed by atoms with Crippen LogP contribution < -0.4 is 16.0 Å². The number of hydrogen-bond donors (Lipinski definition) is 2. The minimum atomic E-state index is -0.241. The number of ketones is 1. The Kier molecular flexibility index (Phi) is 4.98. The van der Waals surface area contributed by atoms with Crippen LogP contribution in [0.4, 0.5) is 17.5 Å². The highest BCUT2D eigenvalue weighted by Crippen LogP contribution is 2.38. The summed E-state index contributed by atoms with van der Waals surface area (Å²) < 4.78 is 0. The van der Waals surface area contributed by atoms with Crippen molar-refractivity contribution >= 4 is 29.1 Å². The molecule has 1 aliphatic heterocycles. The number of hydrogen-bond acceptors (Lipinski definition) is 6. The Morgan fingerprint density at radius 3 is 2.48 bits per heavy atom. The number of rotatable bonds is 4. The van der Waals surface area contributed by atoms with E-state index in [-0.39, 0.29) is 23.0 Å². The van der Waals surface area contributed by atoms with Gasteiger partial charge in [0.1, 0.15) is 5.82 Å². The lowest BCUT2D eigenvalue weighted by Gasteiger charge is -2.34. The van der Waals surface area contributed by atoms with Crippen LogP contribution in [0, 0.1) is 11.3 Å². The van der Waals surface area contributed by atoms with Crippen molar-refractivity contribution in [3.63, 3.8) is 0 Å². The number of aromatic nitrogens is 2. The molecule has 1 aromatic heterocycles. The predicted octanol–water partition coefficient (Wildman–Crippen LogP) is 3.08. The Morgan fingerprint density at radius 1 is 1.14 bits per heavy atom. The maximum absolute atomic E-state index is 12.9. The number of fused-ring (bicyclic) bond motifs is 1. The molecule has 2 heterocycles. The summed E-state index contributed by atoms with van der Waals surface area (Å²) in [5.74, 6) is 0.916. The molecule has 152 valence electrons. The van der Waals surface area contributed by atoms with Gasteiger partial charge in [-0.1, -0.05) is 32.0 Å². The lowest BCUT2D eigenvalue weighted by molar-refractivity contribution is -0.122. The Morgan fingerprint density at radius 2 is 1.83 bits per heavy atom. The Balaban J connectivity index is 1.71. The van der Waals surface area contributed by atoms with Gasteiger partial charge in [0, 0.05) is 31.1 Å². The second kappa shape index (κ2) is 7.46. The number of anilines is 3. The second-order valence-electron chi connectivity index (χ2n) is 8.79. The van der Waals surface area contributed by atoms with Crippen LogP contribution in [0.3, 0.4) is 0 Å². The van der Waals surface area contributed by atoms with Gasteiger partial charge in [0.05, 0.1) is 11.3 Å². The lowest BCUT2D eigenvalue weighted by Crippen LogP contribution is -2.40. The van der Waals surface area contributed by atoms with E-state index in [4.69, 9.17) is 15.7 Å². The molecule has 0 spiro atoms. The number of nitrogens with two attached hydrogens (primary N) is 1. The smallest absolute Gasteiger partial charge is 0.227 e. The predicted molar refractivity (Wildman–Crippen MR) is 112 cm³/mol. The van der Waals surface area contributed by atoms with Crippen LogP contribution in [0.2, 0.25) is 0 Å². The van der Waals surface area contributed by atoms with E-state index in [1.807, 2.05) is 30.3 Å². The number of Topliss-reactive ketones (excluding diaryl/α,β-unsaturated/α-hetero) is 1. The minimum Gasteiger partial charge on any atom is -0.369 e. The molecule has 3 N–H and O–H groups in total. The van der Waals surface area contributed by atoms with E-state index < -0.39 is 0 Å². The van der Waals surface area contributed by atoms with Crippen molar-refractivity contribution < 1.29 is 9.59 Å². The van der Waals surface area contributed by atoms with Gasteiger partial charge >= 0.3 is 0 Å². The monoisotopic (exact) mass is 393 g/mol. The number of para-hydroxylation sites is 1. The zero-order valence-corrected chi connectivity index (χ0v) is 16.9. The molecule has 1 aliphatic carbocycles. The van der Waals surface area contributed by atoms with Gasteiger partial charge in [-0.25, -0.2) is 4.98 Å². The number of carbonyl (C=O) groups excluding carboxylic acids is 2. The lowest BCUT2D eigenvalue weighted by atomic mass is 9.75. The van der Waals surface area contributed by atoms with Crippen LogP contribution in [-0.2, 0) is 11.2 Å². The van der Waals surface area contributed by atoms with Crippen molar-refractivity contribution in [3.05, 3.63) is 41.6 Å². The average molecular weight is 393 g/mol. The second-order valence-corrected chi connectivity index (χ2v) is 8.79. The highest BCUT2D eigenvalue weighted by molar-refractivity contribution is 6.03. The number of nitrogens with zero attached hydrogens (tertiary/aromatic N) is 3. The zero-order chi connectivity index (χ0) is 20.6. The van der Waals surface area contributed by atoms with Crippen LogP contribution in [-0.4, -0.2) is 34.7 Å². The van der Waals surface area contributed by atoms with E-state index in [0.29, 0.717) is 49.7 Å². The maximum Gasteiger partial charge on any atom is 0.227 e. The van der Waals surface area contributed by atoms with Gasteiger partial charge in [0.25, 0.3) is 0 Å². The largest absolute Gasteiger partial charge is 0.369 e. The van der Waals surface area contributed by atoms with Gasteiger partial charge in [-0.05, 0) is 36.8 Å². The standard InChI is InChI=1S/C22H27N5O2/c1-22(2)12-16-18(17(28)13-22)20(24-15-6-4-3-5-7-15)26-21(25-16)27-10-8-14(9-11-27)19(23)29/h3-7,14H,8-13H2,1-2H3,(H2,23,29)(H,24,25,26). The first-order valence-electron chi connectivity index (χ1n) is 10.1. The van der Waals surface area contributed by atoms with Gasteiger partial charge in [-0.3, -0.25) is 9.59 Å². The number of carbonyl (C=O) groups is 2. The van der Waals surface area contributed by atoms with Crippen LogP contribution in [0.5, 0.6) is 0 Å². The van der Waals surface area contributed by atoms with Crippen molar-refractivity contribution in [2.45, 2.75) is 39.5 Å². The molecule has 0 atom stereocenters. The number of nitrogens with one attached hydrogen (secondary N) is 1. The third-order valence-corrected chi connectivity index (χ3v) is 5.75. The SMILES string of the molecule is CC1(C)CC(=O)c2c(nc(N3CCC(C(N)=O)CC3)nc2Nc2ccccc2)C1. The Labute approximate surface area is 170 Å². The first-order chi connectivity index (χ1) is 13.8. The topological polar surface area (TPSA) is 101 Å². The molecule has 0 saturated carbocycles. The molecular weight excluding hydrogens is 366 g/mol. The molecule has 7 nitrogen and oxygen atoms in total. The van der Waals surface area contributed by atoms with Crippen molar-refractivity contribution in [2.24, 2.45) is 17.1 Å². The summed E-state index contributed by atoms with van der Waals surface area (Å²) in [6, 6.07) is 9.73. The molecule has 1 fully saturated rings. The molecule has 0 bridgehead atoms. The van der Waals surface area contributed by atoms with Crippen molar-refractivity contribution in [2.75, 3.05) is 23.3 Å². The fourth-order valence-corrected chi connectivity index (χ4v) is 4.21. The van der Waals surface area contributed by atoms with Crippen molar-refractivity contribution in [1.29, 1.82) is 0 Å². The molecule has 7 heteroatoms. The number of piperidine rings is 1. The van der Waals surface area contributed by atoms with Crippen LogP contribution in [0.25, 0.3) is 0 Å². The number of amides is 1. The maximum atomic E-state index is 12.9. The third-order valence-electron chi connectivity index (χ3n) is 5.75. The minimum absolute atomic E-state index is 0.0775. The van der Waals surface area contributed by atoms with E-state index in [2.05, 4.69) is 24.1 Å². The molecule has 2 aromatic rings. The summed E-state index contributed by atoms with van der Waals surface area (Å²) >= 11 is 0.